The Morgan fingerprint density at radius 2 is 2.17 bits per heavy atom. The second-order valence-corrected chi connectivity index (χ2v) is 5.82. The number of hydrogen-bond acceptors (Lipinski definition) is 1. The van der Waals surface area contributed by atoms with Gasteiger partial charge in [0.15, 0.2) is 0 Å². The van der Waals surface area contributed by atoms with Crippen molar-refractivity contribution in [2.24, 2.45) is 0 Å². The van der Waals surface area contributed by atoms with Crippen LogP contribution in [-0.2, 0) is 11.2 Å². The van der Waals surface area contributed by atoms with Crippen molar-refractivity contribution in [3.05, 3.63) is 34.3 Å². The van der Waals surface area contributed by atoms with Gasteiger partial charge < -0.3 is 4.90 Å². The molecule has 0 aliphatic carbocycles. The highest BCUT2D eigenvalue weighted by atomic mass is 79.9. The minimum atomic E-state index is 0.160. The Labute approximate surface area is 122 Å². The molecule has 2 nitrogen and oxygen atoms in total. The second kappa shape index (κ2) is 7.80. The summed E-state index contributed by atoms with van der Waals surface area (Å²) in [5, 5.41) is 0. The largest absolute Gasteiger partial charge is 0.340 e. The van der Waals surface area contributed by atoms with Crippen molar-refractivity contribution in [1.29, 1.82) is 0 Å². The molecule has 0 saturated heterocycles. The van der Waals surface area contributed by atoms with Gasteiger partial charge in [0.05, 0.1) is 6.42 Å². The summed E-state index contributed by atoms with van der Waals surface area (Å²) in [4.78, 5) is 14.1. The number of alkyl halides is 1. The average molecular weight is 333 g/mol. The smallest absolute Gasteiger partial charge is 0.227 e. The zero-order valence-electron chi connectivity index (χ0n) is 10.8. The van der Waals surface area contributed by atoms with Crippen molar-refractivity contribution < 1.29 is 4.79 Å². The molecule has 0 aliphatic heterocycles. The molecule has 0 aliphatic rings. The van der Waals surface area contributed by atoms with E-state index >= 15 is 0 Å². The number of benzene rings is 1. The molecule has 18 heavy (non-hydrogen) atoms. The summed E-state index contributed by atoms with van der Waals surface area (Å²) in [5.74, 6) is 0.751. The molecule has 0 heterocycles. The van der Waals surface area contributed by atoms with Crippen LogP contribution in [0.1, 0.15) is 25.8 Å². The van der Waals surface area contributed by atoms with Crippen LogP contribution >= 0.6 is 27.5 Å². The molecule has 0 aromatic heterocycles. The minimum absolute atomic E-state index is 0.160. The van der Waals surface area contributed by atoms with Gasteiger partial charge in [0.1, 0.15) is 0 Å². The number of halogens is 2. The van der Waals surface area contributed by atoms with E-state index in [1.54, 1.807) is 0 Å². The number of hydrogen-bond donors (Lipinski definition) is 0. The lowest BCUT2D eigenvalue weighted by Crippen LogP contribution is -2.38. The molecule has 1 aromatic rings. The van der Waals surface area contributed by atoms with Crippen LogP contribution in [0.2, 0.25) is 0 Å². The van der Waals surface area contributed by atoms with Crippen molar-refractivity contribution in [2.45, 2.75) is 32.7 Å². The van der Waals surface area contributed by atoms with Gasteiger partial charge in [-0.05, 0) is 38.0 Å². The molecule has 0 spiro atoms. The molecular formula is C14H19BrClNO. The van der Waals surface area contributed by atoms with Gasteiger partial charge in [0.2, 0.25) is 5.91 Å². The van der Waals surface area contributed by atoms with Crippen molar-refractivity contribution >= 4 is 33.4 Å². The van der Waals surface area contributed by atoms with E-state index in [-0.39, 0.29) is 11.9 Å². The lowest BCUT2D eigenvalue weighted by atomic mass is 10.1. The molecule has 0 radical (unpaired) electrons. The Kier molecular flexibility index (Phi) is 6.72. The lowest BCUT2D eigenvalue weighted by Gasteiger charge is -2.26. The third-order valence-corrected chi connectivity index (χ3v) is 3.48. The summed E-state index contributed by atoms with van der Waals surface area (Å²) >= 11 is 9.11. The Hall–Kier alpha value is -0.540. The third-order valence-electron chi connectivity index (χ3n) is 2.72. The molecule has 1 amide bonds. The molecule has 0 saturated carbocycles. The standard InChI is InChI=1S/C14H19BrClNO/c1-11(2)17(8-4-7-16)14(18)10-12-5-3-6-13(15)9-12/h3,5-6,9,11H,4,7-8,10H2,1-2H3. The van der Waals surface area contributed by atoms with Gasteiger partial charge in [0.25, 0.3) is 0 Å². The number of carbonyl (C=O) groups is 1. The van der Waals surface area contributed by atoms with Gasteiger partial charge in [-0.2, -0.15) is 0 Å². The first-order chi connectivity index (χ1) is 8.54. The lowest BCUT2D eigenvalue weighted by molar-refractivity contribution is -0.132. The van der Waals surface area contributed by atoms with Crippen LogP contribution in [0.25, 0.3) is 0 Å². The molecule has 0 bridgehead atoms. The van der Waals surface area contributed by atoms with Gasteiger partial charge in [-0.1, -0.05) is 28.1 Å². The Bertz CT molecular complexity index is 395. The summed E-state index contributed by atoms with van der Waals surface area (Å²) in [6.07, 6.45) is 1.28. The van der Waals surface area contributed by atoms with E-state index in [0.29, 0.717) is 12.3 Å². The van der Waals surface area contributed by atoms with Crippen LogP contribution in [0.3, 0.4) is 0 Å². The molecule has 0 unspecified atom stereocenters. The van der Waals surface area contributed by atoms with Gasteiger partial charge >= 0.3 is 0 Å². The van der Waals surface area contributed by atoms with Crippen LogP contribution in [-0.4, -0.2) is 29.3 Å². The minimum Gasteiger partial charge on any atom is -0.340 e. The van der Waals surface area contributed by atoms with Crippen LogP contribution in [0.15, 0.2) is 28.7 Å². The first-order valence-electron chi connectivity index (χ1n) is 6.14. The zero-order chi connectivity index (χ0) is 13.5. The molecule has 4 heteroatoms. The topological polar surface area (TPSA) is 20.3 Å². The molecule has 0 atom stereocenters. The third kappa shape index (κ3) is 4.99. The molecular weight excluding hydrogens is 314 g/mol. The van der Waals surface area contributed by atoms with Crippen LogP contribution < -0.4 is 0 Å². The molecule has 0 N–H and O–H groups in total. The maximum Gasteiger partial charge on any atom is 0.227 e. The van der Waals surface area contributed by atoms with E-state index in [1.165, 1.54) is 0 Å². The van der Waals surface area contributed by atoms with Gasteiger partial charge in [0, 0.05) is 22.9 Å². The highest BCUT2D eigenvalue weighted by molar-refractivity contribution is 9.10. The SMILES string of the molecule is CC(C)N(CCCCl)C(=O)Cc1cccc(Br)c1. The van der Waals surface area contributed by atoms with Crippen LogP contribution in [0.4, 0.5) is 0 Å². The summed E-state index contributed by atoms with van der Waals surface area (Å²) in [5.41, 5.74) is 1.03. The highest BCUT2D eigenvalue weighted by Gasteiger charge is 2.16. The van der Waals surface area contributed by atoms with Crippen molar-refractivity contribution in [3.63, 3.8) is 0 Å². The van der Waals surface area contributed by atoms with Gasteiger partial charge in [-0.3, -0.25) is 4.79 Å². The van der Waals surface area contributed by atoms with Crippen LogP contribution in [0, 0.1) is 0 Å². The van der Waals surface area contributed by atoms with E-state index in [0.717, 1.165) is 23.0 Å². The highest BCUT2D eigenvalue weighted by Crippen LogP contribution is 2.13. The fourth-order valence-corrected chi connectivity index (χ4v) is 2.39. The Balaban J connectivity index is 2.66. The molecule has 0 fully saturated rings. The average Bonchev–Trinajstić information content (AvgIpc) is 2.29. The summed E-state index contributed by atoms with van der Waals surface area (Å²) < 4.78 is 1.00. The number of carbonyl (C=O) groups excluding carboxylic acids is 1. The van der Waals surface area contributed by atoms with E-state index in [2.05, 4.69) is 15.9 Å². The van der Waals surface area contributed by atoms with Crippen LogP contribution in [0.5, 0.6) is 0 Å². The van der Waals surface area contributed by atoms with E-state index < -0.39 is 0 Å². The van der Waals surface area contributed by atoms with Gasteiger partial charge in [-0.25, -0.2) is 0 Å². The molecule has 1 rings (SSSR count). The van der Waals surface area contributed by atoms with E-state index in [9.17, 15) is 4.79 Å². The Morgan fingerprint density at radius 3 is 2.72 bits per heavy atom. The maximum absolute atomic E-state index is 12.2. The molecule has 100 valence electrons. The quantitative estimate of drug-likeness (QED) is 0.724. The number of nitrogens with zero attached hydrogens (tertiary/aromatic N) is 1. The van der Waals surface area contributed by atoms with Crippen molar-refractivity contribution in [1.82, 2.24) is 4.90 Å². The summed E-state index contributed by atoms with van der Waals surface area (Å²) in [7, 11) is 0. The first kappa shape index (κ1) is 15.5. The maximum atomic E-state index is 12.2. The summed E-state index contributed by atoms with van der Waals surface area (Å²) in [6.45, 7) is 4.80. The normalized spacial score (nSPS) is 10.7. The molecule has 1 aromatic carbocycles. The monoisotopic (exact) mass is 331 g/mol. The fraction of sp³-hybridized carbons (Fsp3) is 0.500. The second-order valence-electron chi connectivity index (χ2n) is 4.53. The summed E-state index contributed by atoms with van der Waals surface area (Å²) in [6, 6.07) is 8.08. The van der Waals surface area contributed by atoms with Crippen molar-refractivity contribution in [2.75, 3.05) is 12.4 Å². The fourth-order valence-electron chi connectivity index (χ4n) is 1.82. The number of rotatable bonds is 6. The zero-order valence-corrected chi connectivity index (χ0v) is 13.2. The predicted octanol–water partition coefficient (Wildman–Crippen LogP) is 3.86. The van der Waals surface area contributed by atoms with Gasteiger partial charge in [-0.15, -0.1) is 11.6 Å². The van der Waals surface area contributed by atoms with E-state index in [1.807, 2.05) is 43.0 Å². The number of amides is 1. The van der Waals surface area contributed by atoms with E-state index in [4.69, 9.17) is 11.6 Å². The predicted molar refractivity (Wildman–Crippen MR) is 80.0 cm³/mol. The van der Waals surface area contributed by atoms with Crippen molar-refractivity contribution in [3.8, 4) is 0 Å². The first-order valence-corrected chi connectivity index (χ1v) is 7.47. The Morgan fingerprint density at radius 1 is 1.44 bits per heavy atom.